The lowest BCUT2D eigenvalue weighted by molar-refractivity contribution is -0.138. The van der Waals surface area contributed by atoms with Crippen molar-refractivity contribution in [2.45, 2.75) is 95.5 Å². The molecule has 3 atom stereocenters. The highest BCUT2D eigenvalue weighted by Gasteiger charge is 2.41. The summed E-state index contributed by atoms with van der Waals surface area (Å²) in [7, 11) is 2.00. The summed E-state index contributed by atoms with van der Waals surface area (Å²) in [4.78, 5) is 15.6. The van der Waals surface area contributed by atoms with Gasteiger partial charge in [-0.2, -0.15) is 0 Å². The second-order valence-electron chi connectivity index (χ2n) is 11.8. The van der Waals surface area contributed by atoms with Crippen LogP contribution in [0.2, 0.25) is 5.02 Å². The lowest BCUT2D eigenvalue weighted by Crippen LogP contribution is -2.48. The molecule has 1 aliphatic heterocycles. The van der Waals surface area contributed by atoms with Crippen molar-refractivity contribution in [1.82, 2.24) is 10.2 Å². The van der Waals surface area contributed by atoms with Gasteiger partial charge in [0.05, 0.1) is 5.60 Å². The van der Waals surface area contributed by atoms with Crippen LogP contribution in [0, 0.1) is 23.7 Å². The number of nitrogens with one attached hydrogen (secondary N) is 1. The van der Waals surface area contributed by atoms with E-state index in [9.17, 15) is 9.90 Å². The predicted octanol–water partition coefficient (Wildman–Crippen LogP) is 6.54. The topological polar surface area (TPSA) is 52.6 Å². The third kappa shape index (κ3) is 7.69. The molecule has 2 N–H and O–H groups in total. The Kier molecular flexibility index (Phi) is 9.95. The van der Waals surface area contributed by atoms with Crippen molar-refractivity contribution in [1.29, 1.82) is 0 Å². The zero-order valence-electron chi connectivity index (χ0n) is 21.8. The Morgan fingerprint density at radius 1 is 1.14 bits per heavy atom. The summed E-state index contributed by atoms with van der Waals surface area (Å²) < 4.78 is 0. The summed E-state index contributed by atoms with van der Waals surface area (Å²) in [5.74, 6) is 2.37. The van der Waals surface area contributed by atoms with Crippen molar-refractivity contribution < 1.29 is 9.90 Å². The van der Waals surface area contributed by atoms with Crippen molar-refractivity contribution in [3.8, 4) is 0 Å². The summed E-state index contributed by atoms with van der Waals surface area (Å²) in [6, 6.07) is 7.78. The fourth-order valence-electron chi connectivity index (χ4n) is 6.80. The molecule has 2 aliphatic carbocycles. The van der Waals surface area contributed by atoms with Gasteiger partial charge in [-0.1, -0.05) is 75.1 Å². The molecule has 5 heteroatoms. The van der Waals surface area contributed by atoms with Gasteiger partial charge in [0.25, 0.3) is 0 Å². The van der Waals surface area contributed by atoms with Gasteiger partial charge in [0.2, 0.25) is 5.91 Å². The first-order chi connectivity index (χ1) is 17.0. The molecule has 1 amide bonds. The zero-order chi connectivity index (χ0) is 24.7. The van der Waals surface area contributed by atoms with Crippen molar-refractivity contribution in [2.75, 3.05) is 26.7 Å². The molecule has 0 bridgehead atoms. The number of carbonyl (C=O) groups is 1. The maximum Gasteiger partial charge on any atom is 0.222 e. The normalized spacial score (nSPS) is 24.2. The zero-order valence-corrected chi connectivity index (χ0v) is 22.6. The second kappa shape index (κ2) is 12.9. The maximum atomic E-state index is 13.5. The number of halogens is 1. The van der Waals surface area contributed by atoms with Gasteiger partial charge >= 0.3 is 0 Å². The molecule has 4 nitrogen and oxygen atoms in total. The van der Waals surface area contributed by atoms with Crippen LogP contribution in [0.25, 0.3) is 0 Å². The van der Waals surface area contributed by atoms with Crippen LogP contribution in [0.3, 0.4) is 0 Å². The van der Waals surface area contributed by atoms with Gasteiger partial charge in [-0.05, 0) is 81.1 Å². The fraction of sp³-hybridized carbons (Fsp3) is 0.767. The van der Waals surface area contributed by atoms with Crippen molar-refractivity contribution >= 4 is 17.5 Å². The van der Waals surface area contributed by atoms with E-state index in [1.807, 2.05) is 31.3 Å². The van der Waals surface area contributed by atoms with Gasteiger partial charge in [-0.3, -0.25) is 4.79 Å². The largest absolute Gasteiger partial charge is 0.385 e. The van der Waals surface area contributed by atoms with E-state index in [0.717, 1.165) is 62.6 Å². The van der Waals surface area contributed by atoms with Gasteiger partial charge < -0.3 is 15.3 Å². The first-order valence-corrected chi connectivity index (χ1v) is 14.8. The number of carbonyl (C=O) groups excluding carboxylic acids is 1. The van der Waals surface area contributed by atoms with Crippen LogP contribution in [0.1, 0.15) is 95.5 Å². The van der Waals surface area contributed by atoms with Crippen LogP contribution < -0.4 is 5.32 Å². The van der Waals surface area contributed by atoms with Gasteiger partial charge in [0.1, 0.15) is 0 Å². The highest BCUT2D eigenvalue weighted by Crippen LogP contribution is 2.42. The Labute approximate surface area is 218 Å². The van der Waals surface area contributed by atoms with E-state index in [1.165, 1.54) is 51.4 Å². The van der Waals surface area contributed by atoms with Crippen molar-refractivity contribution in [2.24, 2.45) is 23.7 Å². The fourth-order valence-corrected chi connectivity index (χ4v) is 6.99. The standard InChI is InChI=1S/C30H47ClN2O2/c1-32-21-25(18-24-8-3-2-4-9-24)19-29(34)33-17-7-12-27(22-33)30(35,16-6-10-23-14-15-23)26-11-5-13-28(31)20-26/h5,11,13,20,23-25,27,32,35H,2-4,6-10,12,14-19,21-22H2,1H3/t25-,27-,30-/m1/s1. The molecule has 1 saturated heterocycles. The molecule has 1 aromatic rings. The number of piperidine rings is 1. The van der Waals surface area contributed by atoms with Gasteiger partial charge in [-0.15, -0.1) is 0 Å². The Hall–Kier alpha value is -1.10. The molecule has 0 unspecified atom stereocenters. The molecular formula is C30H47ClN2O2. The number of hydrogen-bond acceptors (Lipinski definition) is 3. The summed E-state index contributed by atoms with van der Waals surface area (Å²) in [6.07, 6.45) is 16.1. The predicted molar refractivity (Wildman–Crippen MR) is 144 cm³/mol. The van der Waals surface area contributed by atoms with Crippen molar-refractivity contribution in [3.05, 3.63) is 34.9 Å². The molecule has 3 aliphatic rings. The minimum atomic E-state index is -0.925. The number of nitrogens with zero attached hydrogens (tertiary/aromatic N) is 1. The minimum absolute atomic E-state index is 0.0546. The molecule has 35 heavy (non-hydrogen) atoms. The van der Waals surface area contributed by atoms with Crippen LogP contribution in [0.5, 0.6) is 0 Å². The minimum Gasteiger partial charge on any atom is -0.385 e. The molecule has 1 aromatic carbocycles. The Balaban J connectivity index is 1.41. The SMILES string of the molecule is CNC[C@@H](CC(=O)N1CCC[C@@H]([C@@](O)(CCCC2CC2)c2cccc(Cl)c2)C1)CC1CCCCC1. The molecule has 3 fully saturated rings. The van der Waals surface area contributed by atoms with E-state index in [0.29, 0.717) is 23.9 Å². The lowest BCUT2D eigenvalue weighted by atomic mass is 9.74. The highest BCUT2D eigenvalue weighted by atomic mass is 35.5. The quantitative estimate of drug-likeness (QED) is 0.341. The molecule has 0 radical (unpaired) electrons. The van der Waals surface area contributed by atoms with Gasteiger partial charge in [-0.25, -0.2) is 0 Å². The Morgan fingerprint density at radius 2 is 1.94 bits per heavy atom. The van der Waals surface area contributed by atoms with E-state index in [-0.39, 0.29) is 11.8 Å². The van der Waals surface area contributed by atoms with Crippen LogP contribution in [-0.4, -0.2) is 42.6 Å². The van der Waals surface area contributed by atoms with Gasteiger partial charge in [0.15, 0.2) is 0 Å². The molecule has 4 rings (SSSR count). The summed E-state index contributed by atoms with van der Waals surface area (Å²) in [5.41, 5.74) is -0.00367. The number of benzene rings is 1. The number of amides is 1. The summed E-state index contributed by atoms with van der Waals surface area (Å²) >= 11 is 6.35. The van der Waals surface area contributed by atoms with Crippen LogP contribution in [-0.2, 0) is 10.4 Å². The summed E-state index contributed by atoms with van der Waals surface area (Å²) in [6.45, 7) is 2.38. The first-order valence-electron chi connectivity index (χ1n) is 14.4. The third-order valence-electron chi connectivity index (χ3n) is 8.99. The summed E-state index contributed by atoms with van der Waals surface area (Å²) in [5, 5.41) is 16.2. The molecule has 196 valence electrons. The lowest BCUT2D eigenvalue weighted by Gasteiger charge is -2.43. The third-order valence-corrected chi connectivity index (χ3v) is 9.22. The Morgan fingerprint density at radius 3 is 2.66 bits per heavy atom. The van der Waals surface area contributed by atoms with Crippen LogP contribution in [0.4, 0.5) is 0 Å². The molecule has 0 aromatic heterocycles. The van der Waals surface area contributed by atoms with E-state index in [2.05, 4.69) is 10.2 Å². The molecule has 1 heterocycles. The van der Waals surface area contributed by atoms with E-state index >= 15 is 0 Å². The Bertz CT molecular complexity index is 807. The smallest absolute Gasteiger partial charge is 0.222 e. The number of hydrogen-bond donors (Lipinski definition) is 2. The highest BCUT2D eigenvalue weighted by molar-refractivity contribution is 6.30. The average molecular weight is 503 g/mol. The maximum absolute atomic E-state index is 13.5. The monoisotopic (exact) mass is 502 g/mol. The average Bonchev–Trinajstić information content (AvgIpc) is 3.69. The molecule has 0 spiro atoms. The number of rotatable bonds is 12. The van der Waals surface area contributed by atoms with Crippen LogP contribution in [0.15, 0.2) is 24.3 Å². The van der Waals surface area contributed by atoms with E-state index < -0.39 is 5.60 Å². The van der Waals surface area contributed by atoms with Crippen LogP contribution >= 0.6 is 11.6 Å². The van der Waals surface area contributed by atoms with Crippen molar-refractivity contribution in [3.63, 3.8) is 0 Å². The van der Waals surface area contributed by atoms with E-state index in [1.54, 1.807) is 0 Å². The molecular weight excluding hydrogens is 456 g/mol. The number of aliphatic hydroxyl groups is 1. The van der Waals surface area contributed by atoms with E-state index in [4.69, 9.17) is 11.6 Å². The molecule has 2 saturated carbocycles. The van der Waals surface area contributed by atoms with Gasteiger partial charge in [0, 0.05) is 30.5 Å². The first kappa shape index (κ1) is 26.9. The second-order valence-corrected chi connectivity index (χ2v) is 12.3. The number of likely N-dealkylation sites (tertiary alicyclic amines) is 1.